The van der Waals surface area contributed by atoms with Gasteiger partial charge in [0.2, 0.25) is 11.7 Å². The molecule has 0 aliphatic carbocycles. The molecular formula is C76H105BFN10O22S. The van der Waals surface area contributed by atoms with E-state index in [2.05, 4.69) is 34.2 Å². The molecule has 111 heavy (non-hydrogen) atoms. The lowest BCUT2D eigenvalue weighted by Crippen LogP contribution is -2.41. The zero-order valence-corrected chi connectivity index (χ0v) is 65.8. The Balaban J connectivity index is 0.000000651. The number of rotatable bonds is 20. The number of carbonyl (C=O) groups is 4. The van der Waals surface area contributed by atoms with Crippen molar-refractivity contribution in [3.05, 3.63) is 227 Å². The van der Waals surface area contributed by atoms with Gasteiger partial charge in [0, 0.05) is 134 Å². The minimum Gasteiger partial charge on any atom is -0.481 e. The SMILES string of the molecule is C1COCCN1.CCOC(=O)C(C(=O)OCC)c1cc(C)ccc1[N+](=O)[O-].CO.CSC.Cc1ccc(N)c(CCN2CCOCC2)c1.Cc1ccc([N+](=O)[O-])c(CC(=O)N2CCOCC2)c1.Cc1ccc([N+](=O)[O-])c(CC(=O)O)c1.Cc1ccc([N+](=O)[O-])c(CCN2CCOCC2)c1.Cc1ccc([N+](=O)[O-])c(F)c1.[B]. The zero-order chi connectivity index (χ0) is 82.3. The lowest BCUT2D eigenvalue weighted by atomic mass is 9.95. The van der Waals surface area contributed by atoms with Gasteiger partial charge < -0.3 is 54.6 Å². The number of nitrogens with one attached hydrogen (secondary N) is 1. The number of ether oxygens (including phenoxy) is 6. The number of nitro benzene ring substituents is 5. The molecule has 0 aromatic heterocycles. The van der Waals surface area contributed by atoms with Crippen molar-refractivity contribution >= 4 is 78.1 Å². The highest BCUT2D eigenvalue weighted by molar-refractivity contribution is 7.97. The van der Waals surface area contributed by atoms with Crippen molar-refractivity contribution in [1.29, 1.82) is 0 Å². The van der Waals surface area contributed by atoms with Crippen LogP contribution in [0.3, 0.4) is 0 Å². The van der Waals surface area contributed by atoms with Crippen molar-refractivity contribution in [2.45, 2.75) is 87.0 Å². The number of aliphatic hydroxyl groups is 1. The van der Waals surface area contributed by atoms with E-state index in [0.29, 0.717) is 43.0 Å². The van der Waals surface area contributed by atoms with E-state index in [1.54, 1.807) is 81.6 Å². The van der Waals surface area contributed by atoms with Crippen LogP contribution in [0.1, 0.15) is 81.0 Å². The fourth-order valence-corrected chi connectivity index (χ4v) is 10.7. The Hall–Kier alpha value is -9.98. The number of nitrogens with zero attached hydrogens (tertiary/aromatic N) is 8. The molecule has 4 saturated heterocycles. The number of hydrogen-bond donors (Lipinski definition) is 4. The molecular weight excluding hydrogens is 1470 g/mol. The van der Waals surface area contributed by atoms with Crippen molar-refractivity contribution in [1.82, 2.24) is 20.0 Å². The highest BCUT2D eigenvalue weighted by Gasteiger charge is 2.37. The van der Waals surface area contributed by atoms with Crippen molar-refractivity contribution in [3.63, 3.8) is 0 Å². The van der Waals surface area contributed by atoms with E-state index in [9.17, 15) is 74.1 Å². The highest BCUT2D eigenvalue weighted by Crippen LogP contribution is 2.31. The van der Waals surface area contributed by atoms with Crippen LogP contribution in [0.15, 0.2) is 109 Å². The smallest absolute Gasteiger partial charge is 0.325 e. The molecule has 0 saturated carbocycles. The third kappa shape index (κ3) is 38.5. The predicted molar refractivity (Wildman–Crippen MR) is 422 cm³/mol. The second-order valence-corrected chi connectivity index (χ2v) is 25.6. The molecule has 607 valence electrons. The van der Waals surface area contributed by atoms with E-state index >= 15 is 0 Å². The molecule has 4 aliphatic heterocycles. The number of hydrogen-bond acceptors (Lipinski definition) is 26. The van der Waals surface area contributed by atoms with Crippen LogP contribution < -0.4 is 11.1 Å². The summed E-state index contributed by atoms with van der Waals surface area (Å²) in [6, 6.07) is 28.9. The Bertz CT molecular complexity index is 3870. The summed E-state index contributed by atoms with van der Waals surface area (Å²) in [5, 5.41) is 72.3. The minimum atomic E-state index is -1.45. The van der Waals surface area contributed by atoms with Crippen molar-refractivity contribution in [3.8, 4) is 0 Å². The molecule has 10 rings (SSSR count). The van der Waals surface area contributed by atoms with Crippen LogP contribution in [0, 0.1) is 97.9 Å². The van der Waals surface area contributed by atoms with Gasteiger partial charge in [-0.3, -0.25) is 79.5 Å². The number of esters is 2. The fraction of sp³-hybridized carbons (Fsp3) is 0.474. The molecule has 4 aliphatic rings. The number of thioether (sulfide) groups is 1. The zero-order valence-electron chi connectivity index (χ0n) is 65.0. The van der Waals surface area contributed by atoms with Gasteiger partial charge >= 0.3 is 23.6 Å². The van der Waals surface area contributed by atoms with Crippen molar-refractivity contribution in [2.75, 3.05) is 157 Å². The molecule has 6 aromatic rings. The summed E-state index contributed by atoms with van der Waals surface area (Å²) in [4.78, 5) is 104. The number of nitro groups is 5. The Morgan fingerprint density at radius 2 is 0.820 bits per heavy atom. The van der Waals surface area contributed by atoms with E-state index < -0.39 is 55.0 Å². The highest BCUT2D eigenvalue weighted by atomic mass is 32.2. The average molecular weight is 1570 g/mol. The number of carbonyl (C=O) groups excluding carboxylic acids is 3. The number of benzene rings is 6. The van der Waals surface area contributed by atoms with E-state index in [4.69, 9.17) is 44.4 Å². The molecule has 35 heteroatoms. The quantitative estimate of drug-likeness (QED) is 0.0138. The number of nitrogen functional groups attached to an aromatic ring is 1. The van der Waals surface area contributed by atoms with E-state index in [1.807, 2.05) is 38.5 Å². The van der Waals surface area contributed by atoms with Crippen molar-refractivity contribution < 1.29 is 86.8 Å². The monoisotopic (exact) mass is 1570 g/mol. The summed E-state index contributed by atoms with van der Waals surface area (Å²) in [6.45, 7) is 29.5. The first-order chi connectivity index (χ1) is 52.4. The Morgan fingerprint density at radius 1 is 0.495 bits per heavy atom. The summed E-state index contributed by atoms with van der Waals surface area (Å²) in [7, 11) is 1.00. The normalized spacial score (nSPS) is 13.5. The number of aryl methyl sites for hydroxylation is 6. The third-order valence-corrected chi connectivity index (χ3v) is 16.1. The van der Waals surface area contributed by atoms with Gasteiger partial charge in [-0.25, -0.2) is 0 Å². The largest absolute Gasteiger partial charge is 0.481 e. The van der Waals surface area contributed by atoms with Crippen LogP contribution >= 0.6 is 11.8 Å². The molecule has 0 bridgehead atoms. The number of carboxylic acid groups (broad SMARTS) is 1. The van der Waals surface area contributed by atoms with Gasteiger partial charge in [0.15, 0.2) is 5.92 Å². The van der Waals surface area contributed by atoms with Gasteiger partial charge in [0.1, 0.15) is 0 Å². The van der Waals surface area contributed by atoms with Crippen molar-refractivity contribution in [2.24, 2.45) is 0 Å². The number of carboxylic acids is 1. The second kappa shape index (κ2) is 55.4. The van der Waals surface area contributed by atoms with Gasteiger partial charge in [-0.15, -0.1) is 0 Å². The maximum Gasteiger partial charge on any atom is 0.325 e. The molecule has 0 spiro atoms. The maximum atomic E-state index is 12.7. The van der Waals surface area contributed by atoms with E-state index in [0.717, 1.165) is 152 Å². The van der Waals surface area contributed by atoms with Gasteiger partial charge in [0.05, 0.1) is 109 Å². The number of aliphatic hydroxyl groups excluding tert-OH is 1. The van der Waals surface area contributed by atoms with Crippen LogP contribution in [0.25, 0.3) is 0 Å². The number of halogens is 1. The molecule has 4 heterocycles. The number of morpholine rings is 4. The third-order valence-electron chi connectivity index (χ3n) is 16.1. The molecule has 0 unspecified atom stereocenters. The Labute approximate surface area is 652 Å². The summed E-state index contributed by atoms with van der Waals surface area (Å²) >= 11 is 1.75. The molecule has 3 radical (unpaired) electrons. The second-order valence-electron chi connectivity index (χ2n) is 24.8. The first-order valence-corrected chi connectivity index (χ1v) is 36.9. The molecule has 32 nitrogen and oxygen atoms in total. The number of aliphatic carboxylic acids is 1. The Kier molecular flexibility index (Phi) is 49.5. The fourth-order valence-electron chi connectivity index (χ4n) is 10.7. The van der Waals surface area contributed by atoms with Crippen LogP contribution in [0.4, 0.5) is 38.5 Å². The minimum absolute atomic E-state index is 0. The summed E-state index contributed by atoms with van der Waals surface area (Å²) < 4.78 is 43.1. The van der Waals surface area contributed by atoms with Crippen LogP contribution in [0.2, 0.25) is 0 Å². The molecule has 4 fully saturated rings. The molecule has 0 atom stereocenters. The average Bonchev–Trinajstić information content (AvgIpc) is 1.47. The lowest BCUT2D eigenvalue weighted by Gasteiger charge is -2.26. The van der Waals surface area contributed by atoms with Gasteiger partial charge in [-0.1, -0.05) is 70.3 Å². The van der Waals surface area contributed by atoms with Gasteiger partial charge in [-0.05, 0) is 128 Å². The summed E-state index contributed by atoms with van der Waals surface area (Å²) in [5.41, 5.74) is 14.4. The summed E-state index contributed by atoms with van der Waals surface area (Å²) in [6.07, 6.45) is 5.58. The molecule has 6 aromatic carbocycles. The predicted octanol–water partition coefficient (Wildman–Crippen LogP) is 10.0. The number of anilines is 1. The number of nitrogens with two attached hydrogens (primary N) is 1. The molecule has 1 amide bonds. The van der Waals surface area contributed by atoms with Crippen LogP contribution in [-0.4, -0.2) is 233 Å². The lowest BCUT2D eigenvalue weighted by molar-refractivity contribution is -0.387. The van der Waals surface area contributed by atoms with Crippen LogP contribution in [0.5, 0.6) is 0 Å². The summed E-state index contributed by atoms with van der Waals surface area (Å²) in [5.74, 6) is -5.11. The van der Waals surface area contributed by atoms with E-state index in [1.165, 1.54) is 53.6 Å². The Morgan fingerprint density at radius 3 is 1.19 bits per heavy atom. The topological polar surface area (TPSA) is 428 Å². The van der Waals surface area contributed by atoms with Gasteiger partial charge in [0.25, 0.3) is 22.7 Å². The van der Waals surface area contributed by atoms with Gasteiger partial charge in [-0.2, -0.15) is 16.2 Å². The van der Waals surface area contributed by atoms with E-state index in [-0.39, 0.29) is 79.2 Å². The standard InChI is InChI=1S/C14H17NO6.C13H16N2O4.C13H18N2O3.C13H20N2O.C9H9NO4.C7H6FNO2.C4H9NO.C2H6S.CH4O.B/c1-4-20-13(16)12(14(17)21-5-2)10-8-9(3)6-7-11(10)15(18)19;1-10-2-3-12(15(17)18)11(8-10)9-13(16)14-4-6-19-7-5-14;1-11-2-3-13(15(16)17)12(10-11)4-5-14-6-8-18-9-7-14;1-11-2-3-13(14)12(10-11)4-5-15-6-8-16-9-7-15;1-6-2-3-8(10(13)14)7(4-6)5-9(11)12;1-5-2-3-7(9(10)11)6(8)4-5;1-3-6-4-2-5-1;1-3-2;1-2;/h6-8,12H,4-5H2,1-3H3;2-3,8H,4-7,9H2,1H3;2-3,10H,4-9H2,1H3;2-3,10H,4-9,14H2,1H3;2-4H,5H2,1H3,(H,11,12);2-4H,1H3;5H,1-4H2;1-2H3;2H,1H3;. The number of amides is 1. The first-order valence-electron chi connectivity index (χ1n) is 35.3. The van der Waals surface area contributed by atoms with Crippen LogP contribution in [-0.2, 0) is 73.3 Å². The first kappa shape index (κ1) is 99.0. The molecule has 5 N–H and O–H groups in total. The maximum absolute atomic E-state index is 12.7.